The normalized spacial score (nSPS) is 9.18. The van der Waals surface area contributed by atoms with Gasteiger partial charge < -0.3 is 5.41 Å². The third-order valence-corrected chi connectivity index (χ3v) is 1.69. The minimum atomic E-state index is 0.379. The predicted molar refractivity (Wildman–Crippen MR) is 44.7 cm³/mol. The first kappa shape index (κ1) is 7.95. The molecule has 0 aliphatic carbocycles. The lowest BCUT2D eigenvalue weighted by atomic mass is 10.1. The average Bonchev–Trinajstić information content (AvgIpc) is 2.04. The Kier molecular flexibility index (Phi) is 2.39. The van der Waals surface area contributed by atoms with Crippen LogP contribution in [0.15, 0.2) is 18.2 Å². The van der Waals surface area contributed by atoms with Gasteiger partial charge in [0.05, 0.1) is 5.02 Å². The molecule has 1 rings (SSSR count). The summed E-state index contributed by atoms with van der Waals surface area (Å²) in [5, 5.41) is 7.33. The minimum Gasteiger partial charge on any atom is -0.308 e. The van der Waals surface area contributed by atoms with E-state index in [-0.39, 0.29) is 0 Å². The zero-order chi connectivity index (χ0) is 8.27. The van der Waals surface area contributed by atoms with Gasteiger partial charge in [-0.2, -0.15) is 0 Å². The molecule has 2 nitrogen and oxygen atoms in total. The summed E-state index contributed by atoms with van der Waals surface area (Å²) < 4.78 is 0. The van der Waals surface area contributed by atoms with Crippen molar-refractivity contribution in [2.24, 2.45) is 0 Å². The molecule has 0 amide bonds. The molecule has 0 aromatic heterocycles. The van der Waals surface area contributed by atoms with E-state index < -0.39 is 0 Å². The molecular formula is C8H6ClNO. The molecule has 0 bridgehead atoms. The summed E-state index contributed by atoms with van der Waals surface area (Å²) in [7, 11) is 0. The molecule has 0 fully saturated rings. The first-order chi connectivity index (χ1) is 5.29. The number of hydrogen-bond acceptors (Lipinski definition) is 2. The van der Waals surface area contributed by atoms with E-state index in [9.17, 15) is 4.79 Å². The van der Waals surface area contributed by atoms with E-state index in [0.29, 0.717) is 22.4 Å². The number of nitrogens with one attached hydrogen (secondary N) is 1. The molecule has 3 heteroatoms. The summed E-state index contributed by atoms with van der Waals surface area (Å²) in [4.78, 5) is 10.4. The number of carbonyl (C=O) groups is 1. The lowest BCUT2D eigenvalue weighted by molar-refractivity contribution is 0.112. The molecule has 56 valence electrons. The molecule has 0 spiro atoms. The molecule has 1 N–H and O–H groups in total. The Hall–Kier alpha value is -1.15. The van der Waals surface area contributed by atoms with Crippen LogP contribution >= 0.6 is 11.6 Å². The van der Waals surface area contributed by atoms with Gasteiger partial charge in [0.15, 0.2) is 6.29 Å². The van der Waals surface area contributed by atoms with E-state index in [2.05, 4.69) is 0 Å². The molecule has 0 aliphatic rings. The van der Waals surface area contributed by atoms with E-state index in [1.807, 2.05) is 0 Å². The standard InChI is InChI=1S/C8H6ClNO/c9-8-3-1-2-6(4-10)7(8)5-11/h1-5,10H. The van der Waals surface area contributed by atoms with Crippen LogP contribution in [0.25, 0.3) is 0 Å². The van der Waals surface area contributed by atoms with Gasteiger partial charge in [-0.25, -0.2) is 0 Å². The SMILES string of the molecule is N=Cc1cccc(Cl)c1C=O. The smallest absolute Gasteiger partial charge is 0.152 e. The number of rotatable bonds is 2. The van der Waals surface area contributed by atoms with Crippen LogP contribution in [-0.2, 0) is 0 Å². The van der Waals surface area contributed by atoms with Crippen LogP contribution < -0.4 is 0 Å². The summed E-state index contributed by atoms with van der Waals surface area (Å²) in [6, 6.07) is 5.00. The highest BCUT2D eigenvalue weighted by atomic mass is 35.5. The Morgan fingerprint density at radius 2 is 2.18 bits per heavy atom. The molecule has 1 aromatic carbocycles. The fourth-order valence-corrected chi connectivity index (χ4v) is 1.03. The van der Waals surface area contributed by atoms with Crippen molar-refractivity contribution in [3.05, 3.63) is 34.3 Å². The molecule has 1 aromatic rings. The molecule has 0 saturated heterocycles. The van der Waals surface area contributed by atoms with Gasteiger partial charge >= 0.3 is 0 Å². The molecule has 0 unspecified atom stereocenters. The van der Waals surface area contributed by atoms with Crippen molar-refractivity contribution in [1.29, 1.82) is 5.41 Å². The summed E-state index contributed by atoms with van der Waals surface area (Å²) in [5.41, 5.74) is 0.927. The monoisotopic (exact) mass is 167 g/mol. The second-order valence-corrected chi connectivity index (χ2v) is 2.41. The van der Waals surface area contributed by atoms with E-state index in [1.165, 1.54) is 0 Å². The van der Waals surface area contributed by atoms with Crippen molar-refractivity contribution in [3.63, 3.8) is 0 Å². The van der Waals surface area contributed by atoms with Crippen molar-refractivity contribution in [1.82, 2.24) is 0 Å². The Morgan fingerprint density at radius 1 is 1.45 bits per heavy atom. The minimum absolute atomic E-state index is 0.379. The second-order valence-electron chi connectivity index (χ2n) is 2.00. The first-order valence-corrected chi connectivity index (χ1v) is 3.41. The topological polar surface area (TPSA) is 40.9 Å². The number of benzene rings is 1. The second kappa shape index (κ2) is 3.30. The number of hydrogen-bond donors (Lipinski definition) is 1. The highest BCUT2D eigenvalue weighted by molar-refractivity contribution is 6.33. The van der Waals surface area contributed by atoms with Crippen molar-refractivity contribution in [3.8, 4) is 0 Å². The lowest BCUT2D eigenvalue weighted by Crippen LogP contribution is -1.90. The molecule has 0 saturated carbocycles. The maximum Gasteiger partial charge on any atom is 0.152 e. The summed E-state index contributed by atoms with van der Waals surface area (Å²) >= 11 is 5.67. The third kappa shape index (κ3) is 1.46. The van der Waals surface area contributed by atoms with Gasteiger partial charge in [-0.3, -0.25) is 4.79 Å². The van der Waals surface area contributed by atoms with E-state index in [1.54, 1.807) is 18.2 Å². The fraction of sp³-hybridized carbons (Fsp3) is 0. The summed E-state index contributed by atoms with van der Waals surface area (Å²) in [6.45, 7) is 0. The highest BCUT2D eigenvalue weighted by Gasteiger charge is 2.01. The number of carbonyl (C=O) groups excluding carboxylic acids is 1. The van der Waals surface area contributed by atoms with Crippen LogP contribution in [0, 0.1) is 5.41 Å². The predicted octanol–water partition coefficient (Wildman–Crippen LogP) is 2.15. The molecule has 0 heterocycles. The first-order valence-electron chi connectivity index (χ1n) is 3.03. The fourth-order valence-electron chi connectivity index (χ4n) is 0.804. The zero-order valence-electron chi connectivity index (χ0n) is 5.67. The van der Waals surface area contributed by atoms with Crippen LogP contribution in [-0.4, -0.2) is 12.5 Å². The van der Waals surface area contributed by atoms with E-state index >= 15 is 0 Å². The Morgan fingerprint density at radius 3 is 2.64 bits per heavy atom. The summed E-state index contributed by atoms with van der Waals surface area (Å²) in [6.07, 6.45) is 1.76. The van der Waals surface area contributed by atoms with Gasteiger partial charge in [0.1, 0.15) is 0 Å². The van der Waals surface area contributed by atoms with Gasteiger partial charge in [-0.05, 0) is 6.07 Å². The molecular weight excluding hydrogens is 162 g/mol. The van der Waals surface area contributed by atoms with Crippen LogP contribution in [0.3, 0.4) is 0 Å². The Bertz CT molecular complexity index is 296. The molecule has 0 aliphatic heterocycles. The molecule has 0 radical (unpaired) electrons. The highest BCUT2D eigenvalue weighted by Crippen LogP contribution is 2.16. The van der Waals surface area contributed by atoms with E-state index in [0.717, 1.165) is 6.21 Å². The number of aldehydes is 1. The Balaban J connectivity index is 3.35. The van der Waals surface area contributed by atoms with Crippen molar-refractivity contribution in [2.45, 2.75) is 0 Å². The van der Waals surface area contributed by atoms with Gasteiger partial charge in [-0.15, -0.1) is 0 Å². The van der Waals surface area contributed by atoms with Gasteiger partial charge in [0, 0.05) is 17.3 Å². The average molecular weight is 168 g/mol. The van der Waals surface area contributed by atoms with Crippen LogP contribution in [0.1, 0.15) is 15.9 Å². The molecule has 11 heavy (non-hydrogen) atoms. The zero-order valence-corrected chi connectivity index (χ0v) is 6.43. The largest absolute Gasteiger partial charge is 0.308 e. The Labute approximate surface area is 69.3 Å². The van der Waals surface area contributed by atoms with Crippen LogP contribution in [0.2, 0.25) is 5.02 Å². The maximum atomic E-state index is 10.4. The van der Waals surface area contributed by atoms with Gasteiger partial charge in [0.2, 0.25) is 0 Å². The third-order valence-electron chi connectivity index (χ3n) is 1.36. The number of halogens is 1. The summed E-state index contributed by atoms with van der Waals surface area (Å²) in [5.74, 6) is 0. The van der Waals surface area contributed by atoms with Crippen molar-refractivity contribution >= 4 is 24.1 Å². The maximum absolute atomic E-state index is 10.4. The van der Waals surface area contributed by atoms with Crippen LogP contribution in [0.5, 0.6) is 0 Å². The van der Waals surface area contributed by atoms with Crippen LogP contribution in [0.4, 0.5) is 0 Å². The van der Waals surface area contributed by atoms with Gasteiger partial charge in [0.25, 0.3) is 0 Å². The van der Waals surface area contributed by atoms with E-state index in [4.69, 9.17) is 17.0 Å². The van der Waals surface area contributed by atoms with Crippen molar-refractivity contribution in [2.75, 3.05) is 0 Å². The molecule has 0 atom stereocenters. The lowest BCUT2D eigenvalue weighted by Gasteiger charge is -1.98. The quantitative estimate of drug-likeness (QED) is 0.532. The van der Waals surface area contributed by atoms with Gasteiger partial charge in [-0.1, -0.05) is 23.7 Å². The van der Waals surface area contributed by atoms with Crippen molar-refractivity contribution < 1.29 is 4.79 Å².